The minimum Gasteiger partial charge on any atom is -0.398 e. The highest BCUT2D eigenvalue weighted by Crippen LogP contribution is 2.36. The van der Waals surface area contributed by atoms with Gasteiger partial charge in [0.1, 0.15) is 0 Å². The first-order chi connectivity index (χ1) is 12.8. The zero-order chi connectivity index (χ0) is 17.5. The van der Waals surface area contributed by atoms with Crippen molar-refractivity contribution in [1.29, 1.82) is 0 Å². The molecule has 0 aromatic heterocycles. The quantitative estimate of drug-likeness (QED) is 0.356. The molecule has 1 unspecified atom stereocenters. The van der Waals surface area contributed by atoms with Gasteiger partial charge in [0.15, 0.2) is 0 Å². The van der Waals surface area contributed by atoms with Crippen LogP contribution in [0, 0.1) is 5.92 Å². The normalized spacial score (nSPS) is 16.7. The second kappa shape index (κ2) is 6.17. The summed E-state index contributed by atoms with van der Waals surface area (Å²) in [5.74, 6) is 0.729. The van der Waals surface area contributed by atoms with Crippen molar-refractivity contribution in [2.75, 3.05) is 5.73 Å². The number of aryl methyl sites for hydroxylation is 1. The van der Waals surface area contributed by atoms with Crippen LogP contribution in [0.25, 0.3) is 21.5 Å². The van der Waals surface area contributed by atoms with Crippen LogP contribution < -0.4 is 5.73 Å². The number of anilines is 1. The maximum absolute atomic E-state index is 6.19. The van der Waals surface area contributed by atoms with Gasteiger partial charge in [0.25, 0.3) is 0 Å². The molecule has 1 nitrogen and oxygen atoms in total. The van der Waals surface area contributed by atoms with Gasteiger partial charge in [-0.3, -0.25) is 0 Å². The Labute approximate surface area is 154 Å². The molecule has 5 rings (SSSR count). The summed E-state index contributed by atoms with van der Waals surface area (Å²) >= 11 is 0. The third-order valence-electron chi connectivity index (χ3n) is 5.98. The van der Waals surface area contributed by atoms with Crippen molar-refractivity contribution < 1.29 is 0 Å². The number of rotatable bonds is 2. The molecule has 0 saturated heterocycles. The molecule has 0 amide bonds. The lowest BCUT2D eigenvalue weighted by Gasteiger charge is -2.26. The van der Waals surface area contributed by atoms with Gasteiger partial charge >= 0.3 is 0 Å². The van der Waals surface area contributed by atoms with Gasteiger partial charge in [-0.2, -0.15) is 0 Å². The van der Waals surface area contributed by atoms with Gasteiger partial charge < -0.3 is 5.73 Å². The third-order valence-corrected chi connectivity index (χ3v) is 5.98. The number of nitrogen functional groups attached to an aromatic ring is 1. The van der Waals surface area contributed by atoms with Crippen molar-refractivity contribution >= 4 is 27.2 Å². The van der Waals surface area contributed by atoms with Crippen LogP contribution in [0.4, 0.5) is 5.69 Å². The van der Waals surface area contributed by atoms with E-state index >= 15 is 0 Å². The van der Waals surface area contributed by atoms with E-state index in [4.69, 9.17) is 5.73 Å². The van der Waals surface area contributed by atoms with Crippen LogP contribution >= 0.6 is 0 Å². The molecule has 0 saturated carbocycles. The Morgan fingerprint density at radius 3 is 2.38 bits per heavy atom. The average Bonchev–Trinajstić information content (AvgIpc) is 2.68. The minimum absolute atomic E-state index is 0.729. The summed E-state index contributed by atoms with van der Waals surface area (Å²) in [4.78, 5) is 0. The first-order valence-electron chi connectivity index (χ1n) is 9.55. The van der Waals surface area contributed by atoms with E-state index in [9.17, 15) is 0 Å². The van der Waals surface area contributed by atoms with E-state index in [2.05, 4.69) is 66.7 Å². The van der Waals surface area contributed by atoms with Crippen LogP contribution in [0.15, 0.2) is 72.8 Å². The van der Waals surface area contributed by atoms with Gasteiger partial charge in [-0.25, -0.2) is 0 Å². The molecule has 1 aliphatic rings. The Bertz CT molecular complexity index is 1100. The Morgan fingerprint density at radius 1 is 0.731 bits per heavy atom. The average molecular weight is 337 g/mol. The Balaban J connectivity index is 1.59. The predicted molar refractivity (Wildman–Crippen MR) is 112 cm³/mol. The van der Waals surface area contributed by atoms with Gasteiger partial charge in [-0.15, -0.1) is 0 Å². The highest BCUT2D eigenvalue weighted by Gasteiger charge is 2.21. The molecule has 0 heterocycles. The van der Waals surface area contributed by atoms with Crippen LogP contribution in [0.5, 0.6) is 0 Å². The molecule has 0 radical (unpaired) electrons. The molecule has 128 valence electrons. The number of benzene rings is 4. The number of fused-ring (bicyclic) bond motifs is 5. The molecule has 2 N–H and O–H groups in total. The Hall–Kier alpha value is -2.80. The highest BCUT2D eigenvalue weighted by molar-refractivity contribution is 6.12. The summed E-state index contributed by atoms with van der Waals surface area (Å²) in [6.07, 6.45) is 4.83. The number of nitrogens with two attached hydrogens (primary N) is 1. The van der Waals surface area contributed by atoms with Crippen LogP contribution in [-0.4, -0.2) is 0 Å². The van der Waals surface area contributed by atoms with Crippen LogP contribution in [0.1, 0.15) is 23.1 Å². The van der Waals surface area contributed by atoms with E-state index in [-0.39, 0.29) is 0 Å². The maximum Gasteiger partial charge on any atom is 0.0393 e. The summed E-state index contributed by atoms with van der Waals surface area (Å²) in [5.41, 5.74) is 11.6. The minimum atomic E-state index is 0.729. The molecule has 0 fully saturated rings. The van der Waals surface area contributed by atoms with Crippen molar-refractivity contribution in [3.05, 3.63) is 89.5 Å². The Kier molecular flexibility index (Phi) is 3.67. The molecule has 0 bridgehead atoms. The lowest BCUT2D eigenvalue weighted by molar-refractivity contribution is 0.458. The van der Waals surface area contributed by atoms with Crippen molar-refractivity contribution in [3.8, 4) is 0 Å². The van der Waals surface area contributed by atoms with E-state index in [1.54, 1.807) is 5.56 Å². The van der Waals surface area contributed by atoms with Gasteiger partial charge in [0.2, 0.25) is 0 Å². The van der Waals surface area contributed by atoms with E-state index in [1.165, 1.54) is 53.0 Å². The van der Waals surface area contributed by atoms with Crippen molar-refractivity contribution in [2.45, 2.75) is 25.7 Å². The van der Waals surface area contributed by atoms with Gasteiger partial charge in [-0.05, 0) is 70.5 Å². The first kappa shape index (κ1) is 15.5. The predicted octanol–water partition coefficient (Wildman–Crippen LogP) is 5.92. The lowest BCUT2D eigenvalue weighted by Crippen LogP contribution is -2.16. The third kappa shape index (κ3) is 2.55. The molecule has 26 heavy (non-hydrogen) atoms. The van der Waals surface area contributed by atoms with Gasteiger partial charge in [0, 0.05) is 11.1 Å². The molecule has 1 heteroatoms. The standard InChI is InChI=1S/C25H23N/c26-25-8-4-7-20-21-12-11-19-10-9-18(15-17-5-2-1-3-6-17)16-24(19)22(21)13-14-23(20)25/h1-8,11-14,18H,9-10,15-16,26H2. The van der Waals surface area contributed by atoms with Crippen LogP contribution in [-0.2, 0) is 19.3 Å². The molecular weight excluding hydrogens is 314 g/mol. The maximum atomic E-state index is 6.19. The summed E-state index contributed by atoms with van der Waals surface area (Å²) in [5, 5.41) is 5.19. The summed E-state index contributed by atoms with van der Waals surface area (Å²) < 4.78 is 0. The SMILES string of the molecule is Nc1cccc2c1ccc1c3c(ccc12)CCC(Cc1ccccc1)C3. The molecular formula is C25H23N. The lowest BCUT2D eigenvalue weighted by atomic mass is 9.78. The fourth-order valence-electron chi connectivity index (χ4n) is 4.65. The van der Waals surface area contributed by atoms with Crippen molar-refractivity contribution in [1.82, 2.24) is 0 Å². The van der Waals surface area contributed by atoms with E-state index in [0.717, 1.165) is 17.0 Å². The second-order valence-electron chi connectivity index (χ2n) is 7.60. The monoisotopic (exact) mass is 337 g/mol. The van der Waals surface area contributed by atoms with Crippen LogP contribution in [0.3, 0.4) is 0 Å². The van der Waals surface area contributed by atoms with Gasteiger partial charge in [-0.1, -0.05) is 66.7 Å². The van der Waals surface area contributed by atoms with E-state index in [1.807, 2.05) is 6.07 Å². The van der Waals surface area contributed by atoms with E-state index in [0.29, 0.717) is 0 Å². The smallest absolute Gasteiger partial charge is 0.0393 e. The molecule has 1 aliphatic carbocycles. The fraction of sp³-hybridized carbons (Fsp3) is 0.200. The molecule has 4 aromatic rings. The summed E-state index contributed by atoms with van der Waals surface area (Å²) in [7, 11) is 0. The highest BCUT2D eigenvalue weighted by atomic mass is 14.5. The van der Waals surface area contributed by atoms with E-state index < -0.39 is 0 Å². The second-order valence-corrected chi connectivity index (χ2v) is 7.60. The number of hydrogen-bond acceptors (Lipinski definition) is 1. The Morgan fingerprint density at radius 2 is 1.50 bits per heavy atom. The van der Waals surface area contributed by atoms with Crippen molar-refractivity contribution in [3.63, 3.8) is 0 Å². The number of hydrogen-bond donors (Lipinski definition) is 1. The molecule has 0 spiro atoms. The molecule has 0 aliphatic heterocycles. The van der Waals surface area contributed by atoms with Gasteiger partial charge in [0.05, 0.1) is 0 Å². The molecule has 1 atom stereocenters. The first-order valence-corrected chi connectivity index (χ1v) is 9.55. The zero-order valence-electron chi connectivity index (χ0n) is 14.9. The zero-order valence-corrected chi connectivity index (χ0v) is 14.9. The topological polar surface area (TPSA) is 26.0 Å². The summed E-state index contributed by atoms with van der Waals surface area (Å²) in [6.45, 7) is 0. The summed E-state index contributed by atoms with van der Waals surface area (Å²) in [6, 6.07) is 26.3. The largest absolute Gasteiger partial charge is 0.398 e. The fourth-order valence-corrected chi connectivity index (χ4v) is 4.65. The van der Waals surface area contributed by atoms with Crippen molar-refractivity contribution in [2.24, 2.45) is 5.92 Å². The van der Waals surface area contributed by atoms with Crippen LogP contribution in [0.2, 0.25) is 0 Å². The molecule has 4 aromatic carbocycles.